The minimum atomic E-state index is -3.52. The normalized spacial score (nSPS) is 15.4. The number of rotatable bonds is 6. The van der Waals surface area contributed by atoms with E-state index in [4.69, 9.17) is 0 Å². The second kappa shape index (κ2) is 9.40. The highest BCUT2D eigenvalue weighted by molar-refractivity contribution is 7.89. The van der Waals surface area contributed by atoms with E-state index in [9.17, 15) is 13.2 Å². The van der Waals surface area contributed by atoms with Crippen molar-refractivity contribution in [3.8, 4) is 0 Å². The third-order valence-electron chi connectivity index (χ3n) is 6.32. The van der Waals surface area contributed by atoms with Crippen molar-refractivity contribution in [3.63, 3.8) is 0 Å². The number of carbonyl (C=O) groups is 1. The first-order valence-electron chi connectivity index (χ1n) is 11.4. The molecular weight excluding hydrogens is 448 g/mol. The second-order valence-electron chi connectivity index (χ2n) is 8.55. The van der Waals surface area contributed by atoms with Crippen LogP contribution in [0.25, 0.3) is 10.8 Å². The predicted octanol–water partition coefficient (Wildman–Crippen LogP) is 4.12. The molecule has 3 aromatic carbocycles. The minimum absolute atomic E-state index is 0.0959. The van der Waals surface area contributed by atoms with Crippen molar-refractivity contribution in [1.29, 1.82) is 0 Å². The molecule has 0 bridgehead atoms. The van der Waals surface area contributed by atoms with Crippen molar-refractivity contribution in [2.24, 2.45) is 5.92 Å². The van der Waals surface area contributed by atoms with E-state index in [1.165, 1.54) is 15.1 Å². The van der Waals surface area contributed by atoms with Crippen LogP contribution in [0, 0.1) is 5.92 Å². The van der Waals surface area contributed by atoms with Crippen LogP contribution in [0.3, 0.4) is 0 Å². The Morgan fingerprint density at radius 3 is 2.44 bits per heavy atom. The van der Waals surface area contributed by atoms with Gasteiger partial charge in [-0.1, -0.05) is 60.7 Å². The minimum Gasteiger partial charge on any atom is -0.323 e. The summed E-state index contributed by atoms with van der Waals surface area (Å²) in [5.41, 5.74) is 1.80. The summed E-state index contributed by atoms with van der Waals surface area (Å²) in [4.78, 5) is 13.1. The van der Waals surface area contributed by atoms with Gasteiger partial charge < -0.3 is 5.32 Å². The fourth-order valence-corrected chi connectivity index (χ4v) is 5.95. The van der Waals surface area contributed by atoms with Gasteiger partial charge in [-0.15, -0.1) is 0 Å². The molecule has 34 heavy (non-hydrogen) atoms. The number of aromatic nitrogens is 2. The number of fused-ring (bicyclic) bond motifs is 1. The van der Waals surface area contributed by atoms with Crippen LogP contribution in [0.2, 0.25) is 0 Å². The molecule has 2 heterocycles. The van der Waals surface area contributed by atoms with E-state index >= 15 is 0 Å². The van der Waals surface area contributed by atoms with E-state index in [2.05, 4.69) is 34.7 Å². The van der Waals surface area contributed by atoms with Crippen LogP contribution in [0.15, 0.2) is 90.1 Å². The Bertz CT molecular complexity index is 1400. The number of nitrogens with one attached hydrogen (secondary N) is 1. The average Bonchev–Trinajstić information content (AvgIpc) is 3.31. The third kappa shape index (κ3) is 4.60. The lowest BCUT2D eigenvalue weighted by Crippen LogP contribution is -2.41. The zero-order valence-corrected chi connectivity index (χ0v) is 19.5. The molecule has 0 aliphatic carbocycles. The maximum Gasteiger partial charge on any atom is 0.243 e. The van der Waals surface area contributed by atoms with E-state index in [1.54, 1.807) is 36.5 Å². The van der Waals surface area contributed by atoms with Crippen molar-refractivity contribution in [3.05, 3.63) is 90.8 Å². The summed E-state index contributed by atoms with van der Waals surface area (Å²) in [5.74, 6) is -0.329. The molecule has 0 saturated carbocycles. The molecule has 0 radical (unpaired) electrons. The van der Waals surface area contributed by atoms with E-state index in [1.807, 2.05) is 29.1 Å². The lowest BCUT2D eigenvalue weighted by molar-refractivity contribution is -0.120. The number of carbonyl (C=O) groups excluding carboxylic acids is 1. The fourth-order valence-electron chi connectivity index (χ4n) is 4.46. The molecule has 0 unspecified atom stereocenters. The number of sulfonamides is 1. The summed E-state index contributed by atoms with van der Waals surface area (Å²) in [6, 6.07) is 22.9. The molecule has 174 valence electrons. The van der Waals surface area contributed by atoms with E-state index in [-0.39, 0.29) is 16.7 Å². The molecule has 1 saturated heterocycles. The van der Waals surface area contributed by atoms with Crippen molar-refractivity contribution >= 4 is 32.4 Å². The van der Waals surface area contributed by atoms with Gasteiger partial charge in [0.05, 0.1) is 23.3 Å². The number of hydrogen-bond donors (Lipinski definition) is 1. The Labute approximate surface area is 199 Å². The highest BCUT2D eigenvalue weighted by Gasteiger charge is 2.32. The first kappa shape index (κ1) is 22.3. The Balaban J connectivity index is 1.19. The van der Waals surface area contributed by atoms with Gasteiger partial charge in [0.15, 0.2) is 0 Å². The van der Waals surface area contributed by atoms with Gasteiger partial charge in [-0.3, -0.25) is 9.48 Å². The number of nitrogens with zero attached hydrogens (tertiary/aromatic N) is 3. The maximum atomic E-state index is 12.8. The van der Waals surface area contributed by atoms with Gasteiger partial charge in [-0.25, -0.2) is 8.42 Å². The Hall–Kier alpha value is -3.49. The molecule has 1 aromatic heterocycles. The molecule has 1 N–H and O–H groups in total. The average molecular weight is 475 g/mol. The molecule has 7 nitrogen and oxygen atoms in total. The summed E-state index contributed by atoms with van der Waals surface area (Å²) in [7, 11) is -3.52. The summed E-state index contributed by atoms with van der Waals surface area (Å²) in [5, 5.41) is 9.72. The molecule has 4 aromatic rings. The number of benzene rings is 3. The van der Waals surface area contributed by atoms with E-state index in [0.29, 0.717) is 38.2 Å². The van der Waals surface area contributed by atoms with Gasteiger partial charge in [0, 0.05) is 25.2 Å². The highest BCUT2D eigenvalue weighted by atomic mass is 32.2. The lowest BCUT2D eigenvalue weighted by atomic mass is 9.97. The van der Waals surface area contributed by atoms with E-state index < -0.39 is 10.0 Å². The molecule has 0 spiro atoms. The van der Waals surface area contributed by atoms with E-state index in [0.717, 1.165) is 5.56 Å². The zero-order chi connectivity index (χ0) is 23.5. The van der Waals surface area contributed by atoms with Gasteiger partial charge in [-0.2, -0.15) is 9.40 Å². The molecule has 1 amide bonds. The molecule has 5 rings (SSSR count). The van der Waals surface area contributed by atoms with Gasteiger partial charge in [0.25, 0.3) is 0 Å². The quantitative estimate of drug-likeness (QED) is 0.456. The number of hydrogen-bond acceptors (Lipinski definition) is 4. The summed E-state index contributed by atoms with van der Waals surface area (Å²) >= 11 is 0. The third-order valence-corrected chi connectivity index (χ3v) is 8.23. The van der Waals surface area contributed by atoms with Crippen molar-refractivity contribution in [2.75, 3.05) is 18.4 Å². The van der Waals surface area contributed by atoms with Crippen LogP contribution >= 0.6 is 0 Å². The summed E-state index contributed by atoms with van der Waals surface area (Å²) < 4.78 is 28.9. The first-order chi connectivity index (χ1) is 16.5. The molecule has 1 aliphatic heterocycles. The summed E-state index contributed by atoms with van der Waals surface area (Å²) in [6.07, 6.45) is 4.46. The maximum absolute atomic E-state index is 12.8. The fraction of sp³-hybridized carbons (Fsp3) is 0.231. The summed E-state index contributed by atoms with van der Waals surface area (Å²) in [6.45, 7) is 1.26. The van der Waals surface area contributed by atoms with Gasteiger partial charge in [-0.05, 0) is 41.3 Å². The SMILES string of the molecule is O=C(Nc1cnn(Cc2cccc3ccccc23)c1)C1CCN(S(=O)(=O)c2ccccc2)CC1. The molecule has 1 aliphatic rings. The Morgan fingerprint density at radius 1 is 0.941 bits per heavy atom. The highest BCUT2D eigenvalue weighted by Crippen LogP contribution is 2.25. The van der Waals surface area contributed by atoms with Gasteiger partial charge in [0.1, 0.15) is 0 Å². The number of amides is 1. The number of anilines is 1. The van der Waals surface area contributed by atoms with Crippen LogP contribution in [-0.2, 0) is 21.4 Å². The Morgan fingerprint density at radius 2 is 1.65 bits per heavy atom. The largest absolute Gasteiger partial charge is 0.323 e. The molecule has 8 heteroatoms. The zero-order valence-electron chi connectivity index (χ0n) is 18.7. The number of piperidine rings is 1. The van der Waals surface area contributed by atoms with Crippen LogP contribution in [-0.4, -0.2) is 41.5 Å². The van der Waals surface area contributed by atoms with Crippen molar-refractivity contribution in [2.45, 2.75) is 24.3 Å². The van der Waals surface area contributed by atoms with Crippen LogP contribution < -0.4 is 5.32 Å². The van der Waals surface area contributed by atoms with Crippen molar-refractivity contribution in [1.82, 2.24) is 14.1 Å². The Kier molecular flexibility index (Phi) is 6.17. The topological polar surface area (TPSA) is 84.3 Å². The second-order valence-corrected chi connectivity index (χ2v) is 10.5. The lowest BCUT2D eigenvalue weighted by Gasteiger charge is -2.30. The van der Waals surface area contributed by atoms with Gasteiger partial charge >= 0.3 is 0 Å². The molecule has 1 fully saturated rings. The van der Waals surface area contributed by atoms with Gasteiger partial charge in [0.2, 0.25) is 15.9 Å². The standard InChI is InChI=1S/C26H26N4O3S/c31-26(21-13-15-30(16-14-21)34(32,33)24-10-2-1-3-11-24)28-23-17-27-29(19-23)18-22-9-6-8-20-7-4-5-12-25(20)22/h1-12,17,19,21H,13-16,18H2,(H,28,31). The molecular formula is C26H26N4O3S. The van der Waals surface area contributed by atoms with Crippen molar-refractivity contribution < 1.29 is 13.2 Å². The monoisotopic (exact) mass is 474 g/mol. The van der Waals surface area contributed by atoms with Crippen LogP contribution in [0.4, 0.5) is 5.69 Å². The first-order valence-corrected chi connectivity index (χ1v) is 12.8. The predicted molar refractivity (Wildman–Crippen MR) is 132 cm³/mol. The smallest absolute Gasteiger partial charge is 0.243 e. The van der Waals surface area contributed by atoms with Crippen LogP contribution in [0.1, 0.15) is 18.4 Å². The van der Waals surface area contributed by atoms with Crippen LogP contribution in [0.5, 0.6) is 0 Å². The molecule has 0 atom stereocenters.